The Balaban J connectivity index is 1.93. The van der Waals surface area contributed by atoms with E-state index in [4.69, 9.17) is 0 Å². The number of hydrogen-bond acceptors (Lipinski definition) is 1. The molecule has 23 heavy (non-hydrogen) atoms. The molecule has 3 rings (SSSR count). The Kier molecular flexibility index (Phi) is 5.08. The van der Waals surface area contributed by atoms with Gasteiger partial charge in [-0.3, -0.25) is 0 Å². The Morgan fingerprint density at radius 2 is 1.91 bits per heavy atom. The van der Waals surface area contributed by atoms with E-state index >= 15 is 0 Å². The summed E-state index contributed by atoms with van der Waals surface area (Å²) in [6, 6.07) is 6.78. The minimum Gasteiger partial charge on any atom is -0.385 e. The number of nitrogens with one attached hydrogen (secondary N) is 1. The standard InChI is InChI=1S/C20H30N2O/c1-4-21(5-2)13-16(23)14-22-19-9-7-6-8-17(19)18-12-15(3)10-11-20(18)22/h10-12,16,23H,4-9,13-14H2,1-3H3/p+1/t16-/m0/s1. The third-order valence-corrected chi connectivity index (χ3v) is 5.45. The predicted molar refractivity (Wildman–Crippen MR) is 96.2 cm³/mol. The van der Waals surface area contributed by atoms with Gasteiger partial charge in [-0.2, -0.15) is 0 Å². The van der Waals surface area contributed by atoms with Crippen LogP contribution < -0.4 is 4.90 Å². The molecule has 2 aromatic rings. The van der Waals surface area contributed by atoms with E-state index < -0.39 is 0 Å². The summed E-state index contributed by atoms with van der Waals surface area (Å²) in [6.07, 6.45) is 4.66. The number of likely N-dealkylation sites (N-methyl/N-ethyl adjacent to an activating group) is 1. The zero-order chi connectivity index (χ0) is 16.4. The molecule has 0 saturated heterocycles. The Morgan fingerprint density at radius 3 is 2.65 bits per heavy atom. The van der Waals surface area contributed by atoms with Crippen LogP contribution in [-0.4, -0.2) is 35.4 Å². The van der Waals surface area contributed by atoms with Gasteiger partial charge in [-0.1, -0.05) is 11.6 Å². The van der Waals surface area contributed by atoms with Crippen LogP contribution in [0, 0.1) is 6.92 Å². The fraction of sp³-hybridized carbons (Fsp3) is 0.600. The van der Waals surface area contributed by atoms with E-state index in [1.54, 1.807) is 0 Å². The summed E-state index contributed by atoms with van der Waals surface area (Å²) in [6.45, 7) is 10.3. The van der Waals surface area contributed by atoms with Crippen LogP contribution in [0.3, 0.4) is 0 Å². The lowest BCUT2D eigenvalue weighted by Crippen LogP contribution is -3.12. The molecule has 1 aromatic heterocycles. The van der Waals surface area contributed by atoms with Crippen molar-refractivity contribution in [2.75, 3.05) is 19.6 Å². The second-order valence-corrected chi connectivity index (χ2v) is 7.08. The van der Waals surface area contributed by atoms with Crippen LogP contribution in [0.15, 0.2) is 18.2 Å². The average molecular weight is 315 g/mol. The number of benzene rings is 1. The van der Waals surface area contributed by atoms with E-state index in [9.17, 15) is 5.11 Å². The van der Waals surface area contributed by atoms with Crippen molar-refractivity contribution in [1.82, 2.24) is 4.57 Å². The van der Waals surface area contributed by atoms with Crippen LogP contribution in [-0.2, 0) is 19.4 Å². The molecular formula is C20H31N2O+. The van der Waals surface area contributed by atoms with E-state index in [1.165, 1.54) is 51.9 Å². The summed E-state index contributed by atoms with van der Waals surface area (Å²) in [4.78, 5) is 1.47. The van der Waals surface area contributed by atoms with Crippen LogP contribution >= 0.6 is 0 Å². The van der Waals surface area contributed by atoms with Gasteiger partial charge < -0.3 is 14.6 Å². The van der Waals surface area contributed by atoms with Gasteiger partial charge in [-0.05, 0) is 64.2 Å². The number of quaternary nitrogens is 1. The molecule has 126 valence electrons. The van der Waals surface area contributed by atoms with Crippen LogP contribution in [0.5, 0.6) is 0 Å². The van der Waals surface area contributed by atoms with E-state index in [0.29, 0.717) is 0 Å². The van der Waals surface area contributed by atoms with Crippen LogP contribution in [0.2, 0.25) is 0 Å². The lowest BCUT2D eigenvalue weighted by Gasteiger charge is -2.22. The van der Waals surface area contributed by atoms with Crippen molar-refractivity contribution in [3.05, 3.63) is 35.0 Å². The van der Waals surface area contributed by atoms with Gasteiger partial charge in [0.25, 0.3) is 0 Å². The van der Waals surface area contributed by atoms with Gasteiger partial charge in [-0.25, -0.2) is 0 Å². The highest BCUT2D eigenvalue weighted by molar-refractivity contribution is 5.86. The quantitative estimate of drug-likeness (QED) is 0.840. The van der Waals surface area contributed by atoms with Crippen LogP contribution in [0.25, 0.3) is 10.9 Å². The van der Waals surface area contributed by atoms with Gasteiger partial charge in [-0.15, -0.1) is 0 Å². The van der Waals surface area contributed by atoms with Gasteiger partial charge >= 0.3 is 0 Å². The van der Waals surface area contributed by atoms with Crippen molar-refractivity contribution in [1.29, 1.82) is 0 Å². The maximum Gasteiger partial charge on any atom is 0.121 e. The first kappa shape index (κ1) is 16.5. The molecule has 0 amide bonds. The monoisotopic (exact) mass is 315 g/mol. The van der Waals surface area contributed by atoms with Gasteiger partial charge in [0.15, 0.2) is 0 Å². The molecule has 1 aromatic carbocycles. The minimum absolute atomic E-state index is 0.271. The van der Waals surface area contributed by atoms with Crippen LogP contribution in [0.1, 0.15) is 43.5 Å². The molecule has 1 atom stereocenters. The van der Waals surface area contributed by atoms with E-state index in [1.807, 2.05) is 0 Å². The first-order valence-corrected chi connectivity index (χ1v) is 9.26. The smallest absolute Gasteiger partial charge is 0.121 e. The summed E-state index contributed by atoms with van der Waals surface area (Å²) in [5, 5.41) is 12.0. The van der Waals surface area contributed by atoms with E-state index in [0.717, 1.165) is 32.6 Å². The molecule has 0 unspecified atom stereocenters. The molecule has 0 aliphatic heterocycles. The second-order valence-electron chi connectivity index (χ2n) is 7.08. The normalized spacial score (nSPS) is 16.0. The van der Waals surface area contributed by atoms with Crippen molar-refractivity contribution in [2.24, 2.45) is 0 Å². The summed E-state index contributed by atoms with van der Waals surface area (Å²) in [7, 11) is 0. The molecule has 3 heteroatoms. The molecule has 1 heterocycles. The largest absolute Gasteiger partial charge is 0.385 e. The lowest BCUT2D eigenvalue weighted by molar-refractivity contribution is -0.899. The third-order valence-electron chi connectivity index (χ3n) is 5.45. The minimum atomic E-state index is -0.271. The Morgan fingerprint density at radius 1 is 1.17 bits per heavy atom. The van der Waals surface area contributed by atoms with E-state index in [2.05, 4.69) is 43.5 Å². The Hall–Kier alpha value is -1.32. The molecule has 0 spiro atoms. The highest BCUT2D eigenvalue weighted by Gasteiger charge is 2.22. The molecule has 1 aliphatic rings. The maximum absolute atomic E-state index is 10.6. The highest BCUT2D eigenvalue weighted by atomic mass is 16.3. The summed E-state index contributed by atoms with van der Waals surface area (Å²) in [5.74, 6) is 0. The molecule has 0 saturated carbocycles. The van der Waals surface area contributed by atoms with Gasteiger partial charge in [0.2, 0.25) is 0 Å². The molecule has 0 bridgehead atoms. The Labute approximate surface area is 139 Å². The number of nitrogens with zero attached hydrogens (tertiary/aromatic N) is 1. The third kappa shape index (κ3) is 3.31. The maximum atomic E-state index is 10.6. The Bertz CT molecular complexity index is 670. The van der Waals surface area contributed by atoms with Crippen molar-refractivity contribution in [2.45, 2.75) is 59.1 Å². The number of aliphatic hydroxyl groups is 1. The van der Waals surface area contributed by atoms with Crippen molar-refractivity contribution in [3.8, 4) is 0 Å². The fourth-order valence-corrected chi connectivity index (χ4v) is 4.11. The molecule has 2 N–H and O–H groups in total. The summed E-state index contributed by atoms with van der Waals surface area (Å²) in [5.41, 5.74) is 5.66. The number of fused-ring (bicyclic) bond motifs is 3. The molecule has 0 fully saturated rings. The van der Waals surface area contributed by atoms with Crippen LogP contribution in [0.4, 0.5) is 0 Å². The molecule has 3 nitrogen and oxygen atoms in total. The first-order valence-electron chi connectivity index (χ1n) is 9.26. The van der Waals surface area contributed by atoms with Gasteiger partial charge in [0.05, 0.1) is 19.6 Å². The van der Waals surface area contributed by atoms with Crippen molar-refractivity contribution in [3.63, 3.8) is 0 Å². The number of rotatable bonds is 6. The zero-order valence-electron chi connectivity index (χ0n) is 14.9. The zero-order valence-corrected chi connectivity index (χ0v) is 14.9. The molecule has 1 aliphatic carbocycles. The fourth-order valence-electron chi connectivity index (χ4n) is 4.11. The summed E-state index contributed by atoms with van der Waals surface area (Å²) < 4.78 is 2.41. The second kappa shape index (κ2) is 7.06. The number of hydrogen-bond donors (Lipinski definition) is 2. The lowest BCUT2D eigenvalue weighted by atomic mass is 9.95. The SMILES string of the molecule is CC[NH+](CC)C[C@H](O)Cn1c2c(c3cc(C)ccc31)CCCC2. The van der Waals surface area contributed by atoms with E-state index in [-0.39, 0.29) is 6.10 Å². The van der Waals surface area contributed by atoms with Crippen molar-refractivity contribution >= 4 is 10.9 Å². The topological polar surface area (TPSA) is 29.6 Å². The first-order chi connectivity index (χ1) is 11.1. The average Bonchev–Trinajstić information content (AvgIpc) is 2.86. The number of aryl methyl sites for hydroxylation is 2. The number of aliphatic hydroxyl groups excluding tert-OH is 1. The molecular weight excluding hydrogens is 284 g/mol. The van der Waals surface area contributed by atoms with Gasteiger partial charge in [0.1, 0.15) is 12.6 Å². The summed E-state index contributed by atoms with van der Waals surface area (Å²) >= 11 is 0. The molecule has 0 radical (unpaired) electrons. The van der Waals surface area contributed by atoms with Gasteiger partial charge in [0, 0.05) is 16.6 Å². The highest BCUT2D eigenvalue weighted by Crippen LogP contribution is 2.32. The predicted octanol–water partition coefficient (Wildman–Crippen LogP) is 2.11. The number of aromatic nitrogens is 1. The van der Waals surface area contributed by atoms with Crippen molar-refractivity contribution < 1.29 is 10.0 Å².